The summed E-state index contributed by atoms with van der Waals surface area (Å²) in [5.41, 5.74) is 0.605. The lowest BCUT2D eigenvalue weighted by Crippen LogP contribution is -2.34. The van der Waals surface area contributed by atoms with E-state index >= 15 is 0 Å². The summed E-state index contributed by atoms with van der Waals surface area (Å²) in [6, 6.07) is 0.715. The Morgan fingerprint density at radius 3 is 2.79 bits per heavy atom. The standard InChI is InChI=1S/C12H23NO/c1-12(7-8-12)11(13-2)6-5-10-4-3-9-14-10/h10-11,13H,3-9H2,1-2H3. The summed E-state index contributed by atoms with van der Waals surface area (Å²) in [5.74, 6) is 0. The number of ether oxygens (including phenoxy) is 1. The minimum Gasteiger partial charge on any atom is -0.378 e. The third kappa shape index (κ3) is 2.29. The predicted molar refractivity (Wildman–Crippen MR) is 58.4 cm³/mol. The molecule has 0 aromatic carbocycles. The van der Waals surface area contributed by atoms with Crippen LogP contribution in [0.25, 0.3) is 0 Å². The molecule has 2 atom stereocenters. The maximum absolute atomic E-state index is 5.65. The minimum atomic E-state index is 0.563. The molecule has 1 heterocycles. The fraction of sp³-hybridized carbons (Fsp3) is 1.00. The van der Waals surface area contributed by atoms with Crippen LogP contribution in [-0.4, -0.2) is 25.8 Å². The van der Waals surface area contributed by atoms with E-state index in [-0.39, 0.29) is 0 Å². The summed E-state index contributed by atoms with van der Waals surface area (Å²) in [4.78, 5) is 0. The smallest absolute Gasteiger partial charge is 0.0576 e. The summed E-state index contributed by atoms with van der Waals surface area (Å²) < 4.78 is 5.65. The lowest BCUT2D eigenvalue weighted by molar-refractivity contribution is 0.0972. The van der Waals surface area contributed by atoms with Crippen molar-refractivity contribution in [3.63, 3.8) is 0 Å². The van der Waals surface area contributed by atoms with Crippen LogP contribution in [0.1, 0.15) is 45.4 Å². The predicted octanol–water partition coefficient (Wildman–Crippen LogP) is 2.33. The van der Waals surface area contributed by atoms with Gasteiger partial charge >= 0.3 is 0 Å². The Morgan fingerprint density at radius 1 is 1.50 bits per heavy atom. The van der Waals surface area contributed by atoms with E-state index in [4.69, 9.17) is 4.74 Å². The second-order valence-electron chi connectivity index (χ2n) is 5.21. The first kappa shape index (κ1) is 10.4. The van der Waals surface area contributed by atoms with Gasteiger partial charge in [0.2, 0.25) is 0 Å². The quantitative estimate of drug-likeness (QED) is 0.730. The highest BCUT2D eigenvalue weighted by Crippen LogP contribution is 2.49. The van der Waals surface area contributed by atoms with E-state index in [1.54, 1.807) is 0 Å². The van der Waals surface area contributed by atoms with Gasteiger partial charge in [-0.05, 0) is 51.0 Å². The van der Waals surface area contributed by atoms with Gasteiger partial charge in [-0.3, -0.25) is 0 Å². The van der Waals surface area contributed by atoms with Crippen molar-refractivity contribution in [2.45, 2.75) is 57.6 Å². The van der Waals surface area contributed by atoms with Gasteiger partial charge < -0.3 is 10.1 Å². The molecule has 0 aromatic rings. The first-order chi connectivity index (χ1) is 6.74. The fourth-order valence-electron chi connectivity index (χ4n) is 2.61. The van der Waals surface area contributed by atoms with Crippen LogP contribution >= 0.6 is 0 Å². The molecule has 0 radical (unpaired) electrons. The van der Waals surface area contributed by atoms with Crippen LogP contribution in [0.2, 0.25) is 0 Å². The third-order valence-corrected chi connectivity index (χ3v) is 4.03. The van der Waals surface area contributed by atoms with Crippen molar-refractivity contribution < 1.29 is 4.74 Å². The Morgan fingerprint density at radius 2 is 2.29 bits per heavy atom. The highest BCUT2D eigenvalue weighted by atomic mass is 16.5. The van der Waals surface area contributed by atoms with Gasteiger partial charge in [-0.2, -0.15) is 0 Å². The van der Waals surface area contributed by atoms with Crippen molar-refractivity contribution in [3.05, 3.63) is 0 Å². The average molecular weight is 197 g/mol. The van der Waals surface area contributed by atoms with Gasteiger partial charge in [0.05, 0.1) is 6.10 Å². The van der Waals surface area contributed by atoms with E-state index in [0.717, 1.165) is 6.61 Å². The van der Waals surface area contributed by atoms with Crippen LogP contribution in [0.4, 0.5) is 0 Å². The zero-order valence-corrected chi connectivity index (χ0v) is 9.51. The largest absolute Gasteiger partial charge is 0.378 e. The summed E-state index contributed by atoms with van der Waals surface area (Å²) >= 11 is 0. The van der Waals surface area contributed by atoms with E-state index in [2.05, 4.69) is 19.3 Å². The van der Waals surface area contributed by atoms with Crippen molar-refractivity contribution in [2.24, 2.45) is 5.41 Å². The average Bonchev–Trinajstić information content (AvgIpc) is 2.73. The van der Waals surface area contributed by atoms with Gasteiger partial charge in [0.1, 0.15) is 0 Å². The molecule has 2 heteroatoms. The lowest BCUT2D eigenvalue weighted by Gasteiger charge is -2.24. The molecule has 82 valence electrons. The molecule has 1 saturated carbocycles. The van der Waals surface area contributed by atoms with Crippen LogP contribution in [0.15, 0.2) is 0 Å². The summed E-state index contributed by atoms with van der Waals surface area (Å²) in [6.07, 6.45) is 8.47. The van der Waals surface area contributed by atoms with Gasteiger partial charge in [-0.25, -0.2) is 0 Å². The molecule has 1 aliphatic carbocycles. The normalized spacial score (nSPS) is 31.7. The van der Waals surface area contributed by atoms with Crippen molar-refractivity contribution in [1.29, 1.82) is 0 Å². The molecule has 1 N–H and O–H groups in total. The molecule has 0 bridgehead atoms. The Bertz CT molecular complexity index is 183. The van der Waals surface area contributed by atoms with Crippen LogP contribution in [0.3, 0.4) is 0 Å². The molecule has 1 aliphatic heterocycles. The molecule has 14 heavy (non-hydrogen) atoms. The van der Waals surface area contributed by atoms with Gasteiger partial charge in [0, 0.05) is 12.6 Å². The maximum atomic E-state index is 5.65. The molecule has 2 rings (SSSR count). The van der Waals surface area contributed by atoms with Gasteiger partial charge in [-0.1, -0.05) is 6.92 Å². The second kappa shape index (κ2) is 4.19. The molecule has 1 saturated heterocycles. The van der Waals surface area contributed by atoms with Gasteiger partial charge in [0.15, 0.2) is 0 Å². The Labute approximate surface area is 87.4 Å². The van der Waals surface area contributed by atoms with Crippen molar-refractivity contribution in [3.8, 4) is 0 Å². The maximum Gasteiger partial charge on any atom is 0.0576 e. The molecular formula is C12H23NO. The molecule has 2 aliphatic rings. The number of hydrogen-bond donors (Lipinski definition) is 1. The van der Waals surface area contributed by atoms with Crippen molar-refractivity contribution >= 4 is 0 Å². The Kier molecular flexibility index (Phi) is 3.13. The van der Waals surface area contributed by atoms with Crippen LogP contribution in [0.5, 0.6) is 0 Å². The fourth-order valence-corrected chi connectivity index (χ4v) is 2.61. The highest BCUT2D eigenvalue weighted by molar-refractivity contribution is 4.98. The summed E-state index contributed by atoms with van der Waals surface area (Å²) in [5, 5.41) is 3.47. The minimum absolute atomic E-state index is 0.563. The zero-order chi connectivity index (χ0) is 10.0. The highest BCUT2D eigenvalue weighted by Gasteiger charge is 2.43. The van der Waals surface area contributed by atoms with E-state index in [1.807, 2.05) is 0 Å². The van der Waals surface area contributed by atoms with Gasteiger partial charge in [0.25, 0.3) is 0 Å². The Hall–Kier alpha value is -0.0800. The van der Waals surface area contributed by atoms with E-state index in [9.17, 15) is 0 Å². The van der Waals surface area contributed by atoms with Crippen LogP contribution in [-0.2, 0) is 4.74 Å². The molecule has 2 fully saturated rings. The molecule has 0 aromatic heterocycles. The number of rotatable bonds is 5. The number of nitrogens with one attached hydrogen (secondary N) is 1. The SMILES string of the molecule is CNC(CCC1CCCO1)C1(C)CC1. The third-order valence-electron chi connectivity index (χ3n) is 4.03. The Balaban J connectivity index is 1.72. The number of hydrogen-bond acceptors (Lipinski definition) is 2. The molecule has 2 nitrogen and oxygen atoms in total. The van der Waals surface area contributed by atoms with E-state index in [0.29, 0.717) is 17.6 Å². The molecular weight excluding hydrogens is 174 g/mol. The summed E-state index contributed by atoms with van der Waals surface area (Å²) in [7, 11) is 2.10. The van der Waals surface area contributed by atoms with Crippen LogP contribution < -0.4 is 5.32 Å². The first-order valence-electron chi connectivity index (χ1n) is 6.03. The molecule has 0 spiro atoms. The summed E-state index contributed by atoms with van der Waals surface area (Å²) in [6.45, 7) is 3.40. The van der Waals surface area contributed by atoms with Crippen molar-refractivity contribution in [1.82, 2.24) is 5.32 Å². The molecule has 0 amide bonds. The zero-order valence-electron chi connectivity index (χ0n) is 9.51. The monoisotopic (exact) mass is 197 g/mol. The van der Waals surface area contributed by atoms with Crippen LogP contribution in [0, 0.1) is 5.41 Å². The van der Waals surface area contributed by atoms with Gasteiger partial charge in [-0.15, -0.1) is 0 Å². The second-order valence-corrected chi connectivity index (χ2v) is 5.21. The van der Waals surface area contributed by atoms with E-state index in [1.165, 1.54) is 38.5 Å². The first-order valence-corrected chi connectivity index (χ1v) is 6.03. The van der Waals surface area contributed by atoms with Crippen molar-refractivity contribution in [2.75, 3.05) is 13.7 Å². The van der Waals surface area contributed by atoms with E-state index < -0.39 is 0 Å². The topological polar surface area (TPSA) is 21.3 Å². The molecule has 2 unspecified atom stereocenters. The lowest BCUT2D eigenvalue weighted by atomic mass is 9.93.